The Balaban J connectivity index is 3.33. The Bertz CT molecular complexity index is 375. The fourth-order valence-electron chi connectivity index (χ4n) is 0.699. The minimum absolute atomic E-state index is 0.00694. The van der Waals surface area contributed by atoms with E-state index < -0.39 is 10.0 Å². The average molecular weight is 189 g/mol. The summed E-state index contributed by atoms with van der Waals surface area (Å²) in [6, 6.07) is 1.29. The highest BCUT2D eigenvalue weighted by Gasteiger charge is 2.12. The molecule has 1 aromatic rings. The molecule has 1 heterocycles. The minimum Gasteiger partial charge on any atom is -0.291 e. The van der Waals surface area contributed by atoms with Gasteiger partial charge in [0.05, 0.1) is 5.69 Å². The summed E-state index contributed by atoms with van der Waals surface area (Å²) in [7, 11) is -3.83. The maximum Gasteiger partial charge on any atom is 0.241 e. The van der Waals surface area contributed by atoms with Gasteiger partial charge in [-0.3, -0.25) is 15.7 Å². The van der Waals surface area contributed by atoms with Crippen molar-refractivity contribution in [3.05, 3.63) is 18.5 Å². The van der Waals surface area contributed by atoms with Crippen LogP contribution in [0.1, 0.15) is 0 Å². The van der Waals surface area contributed by atoms with Gasteiger partial charge >= 0.3 is 0 Å². The molecule has 0 unspecified atom stereocenters. The van der Waals surface area contributed by atoms with E-state index in [1.807, 2.05) is 0 Å². The molecule has 0 fully saturated rings. The molecule has 0 aromatic carbocycles. The zero-order valence-electron chi connectivity index (χ0n) is 5.93. The number of pyridine rings is 1. The number of anilines is 1. The molecule has 0 aliphatic heterocycles. The average Bonchev–Trinajstić information content (AvgIpc) is 2.03. The molecule has 12 heavy (non-hydrogen) atoms. The Morgan fingerprint density at radius 2 is 2.25 bits per heavy atom. The molecule has 0 saturated carbocycles. The topological polar surface area (TPSA) is 105 Å². The predicted octanol–water partition coefficient (Wildman–Crippen LogP) is -0.470. The Morgan fingerprint density at radius 1 is 1.58 bits per heavy atom. The van der Waals surface area contributed by atoms with Gasteiger partial charge in [-0.05, 0) is 6.07 Å². The van der Waals surface area contributed by atoms with Gasteiger partial charge in [0.25, 0.3) is 0 Å². The molecule has 0 spiro atoms. The van der Waals surface area contributed by atoms with Gasteiger partial charge < -0.3 is 0 Å². The molecule has 0 atom stereocenters. The maximum atomic E-state index is 10.8. The van der Waals surface area contributed by atoms with E-state index >= 15 is 0 Å². The van der Waals surface area contributed by atoms with Gasteiger partial charge in [0.15, 0.2) is 0 Å². The summed E-state index contributed by atoms with van der Waals surface area (Å²) in [5, 5.41) is 13.3. The zero-order chi connectivity index (χ0) is 9.19. The van der Waals surface area contributed by atoms with Crippen LogP contribution in [0, 0.1) is 0 Å². The van der Waals surface area contributed by atoms with E-state index in [0.717, 1.165) is 6.20 Å². The normalized spacial score (nSPS) is 11.2. The van der Waals surface area contributed by atoms with Crippen molar-refractivity contribution in [1.29, 1.82) is 0 Å². The van der Waals surface area contributed by atoms with Crippen molar-refractivity contribution in [2.24, 2.45) is 5.14 Å². The molecule has 0 radical (unpaired) electrons. The second-order valence-corrected chi connectivity index (χ2v) is 3.56. The Labute approximate surface area is 69.0 Å². The van der Waals surface area contributed by atoms with Gasteiger partial charge in [0.1, 0.15) is 4.90 Å². The summed E-state index contributed by atoms with van der Waals surface area (Å²) < 4.78 is 21.6. The van der Waals surface area contributed by atoms with Crippen molar-refractivity contribution in [1.82, 2.24) is 4.98 Å². The molecule has 1 rings (SSSR count). The zero-order valence-corrected chi connectivity index (χ0v) is 6.75. The van der Waals surface area contributed by atoms with Crippen LogP contribution in [0.4, 0.5) is 5.69 Å². The van der Waals surface area contributed by atoms with Crippen LogP contribution in [0.5, 0.6) is 0 Å². The maximum absolute atomic E-state index is 10.8. The molecule has 66 valence electrons. The molecule has 6 nitrogen and oxygen atoms in total. The number of rotatable bonds is 2. The third-order valence-electron chi connectivity index (χ3n) is 1.21. The van der Waals surface area contributed by atoms with Crippen LogP contribution >= 0.6 is 0 Å². The molecule has 0 aliphatic rings. The van der Waals surface area contributed by atoms with Gasteiger partial charge in [0, 0.05) is 12.4 Å². The standard InChI is InChI=1S/C5H7N3O3S/c6-12(10,11)5-3-7-2-1-4(5)8-9/h1-3,9H,(H,7,8)(H2,6,10,11). The summed E-state index contributed by atoms with van der Waals surface area (Å²) in [5.41, 5.74) is 1.71. The second-order valence-electron chi connectivity index (χ2n) is 2.03. The van der Waals surface area contributed by atoms with Crippen LogP contribution in [0.15, 0.2) is 23.4 Å². The molecular formula is C5H7N3O3S. The van der Waals surface area contributed by atoms with E-state index in [2.05, 4.69) is 4.98 Å². The molecule has 4 N–H and O–H groups in total. The SMILES string of the molecule is NS(=O)(=O)c1cnccc1NO. The highest BCUT2D eigenvalue weighted by atomic mass is 32.2. The number of aromatic nitrogens is 1. The first-order valence-electron chi connectivity index (χ1n) is 2.92. The van der Waals surface area contributed by atoms with E-state index in [1.54, 1.807) is 5.48 Å². The van der Waals surface area contributed by atoms with Crippen LogP contribution in [-0.2, 0) is 10.0 Å². The molecule has 0 bridgehead atoms. The predicted molar refractivity (Wildman–Crippen MR) is 41.0 cm³/mol. The van der Waals surface area contributed by atoms with E-state index in [1.165, 1.54) is 12.3 Å². The number of nitrogens with zero attached hydrogens (tertiary/aromatic N) is 1. The van der Waals surface area contributed by atoms with Crippen molar-refractivity contribution in [2.45, 2.75) is 4.90 Å². The van der Waals surface area contributed by atoms with Crippen molar-refractivity contribution in [3.8, 4) is 0 Å². The Morgan fingerprint density at radius 3 is 2.67 bits per heavy atom. The minimum atomic E-state index is -3.83. The number of hydrogen-bond donors (Lipinski definition) is 3. The highest BCUT2D eigenvalue weighted by Crippen LogP contribution is 2.16. The van der Waals surface area contributed by atoms with Gasteiger partial charge in [-0.15, -0.1) is 0 Å². The molecule has 0 saturated heterocycles. The lowest BCUT2D eigenvalue weighted by molar-refractivity contribution is 0.386. The Hall–Kier alpha value is -1.18. The molecule has 1 aromatic heterocycles. The molecular weight excluding hydrogens is 182 g/mol. The van der Waals surface area contributed by atoms with E-state index in [0.29, 0.717) is 0 Å². The smallest absolute Gasteiger partial charge is 0.241 e. The first kappa shape index (κ1) is 8.91. The van der Waals surface area contributed by atoms with Crippen molar-refractivity contribution < 1.29 is 13.6 Å². The lowest BCUT2D eigenvalue weighted by Gasteiger charge is -2.03. The third kappa shape index (κ3) is 1.70. The quantitative estimate of drug-likeness (QED) is 0.545. The van der Waals surface area contributed by atoms with Crippen LogP contribution in [-0.4, -0.2) is 18.6 Å². The van der Waals surface area contributed by atoms with Crippen molar-refractivity contribution in [3.63, 3.8) is 0 Å². The van der Waals surface area contributed by atoms with Crippen LogP contribution in [0.2, 0.25) is 0 Å². The highest BCUT2D eigenvalue weighted by molar-refractivity contribution is 7.89. The second kappa shape index (κ2) is 3.05. The summed E-state index contributed by atoms with van der Waals surface area (Å²) in [6.45, 7) is 0. The first-order valence-corrected chi connectivity index (χ1v) is 4.47. The van der Waals surface area contributed by atoms with E-state index in [9.17, 15) is 8.42 Å². The van der Waals surface area contributed by atoms with Crippen molar-refractivity contribution >= 4 is 15.7 Å². The Kier molecular flexibility index (Phi) is 2.27. The number of sulfonamides is 1. The molecule has 0 aliphatic carbocycles. The fourth-order valence-corrected chi connectivity index (χ4v) is 1.33. The van der Waals surface area contributed by atoms with Gasteiger partial charge in [-0.2, -0.15) is 0 Å². The van der Waals surface area contributed by atoms with Crippen LogP contribution in [0.25, 0.3) is 0 Å². The van der Waals surface area contributed by atoms with Crippen LogP contribution < -0.4 is 10.6 Å². The number of primary sulfonamides is 1. The first-order chi connectivity index (χ1) is 5.55. The van der Waals surface area contributed by atoms with E-state index in [4.69, 9.17) is 10.3 Å². The summed E-state index contributed by atoms with van der Waals surface area (Å²) in [4.78, 5) is 3.31. The number of nitrogens with one attached hydrogen (secondary N) is 1. The molecule has 7 heteroatoms. The summed E-state index contributed by atoms with van der Waals surface area (Å²) in [6.07, 6.45) is 2.38. The lowest BCUT2D eigenvalue weighted by atomic mass is 10.4. The van der Waals surface area contributed by atoms with Gasteiger partial charge in [0.2, 0.25) is 10.0 Å². The van der Waals surface area contributed by atoms with E-state index in [-0.39, 0.29) is 10.6 Å². The summed E-state index contributed by atoms with van der Waals surface area (Å²) >= 11 is 0. The monoisotopic (exact) mass is 189 g/mol. The van der Waals surface area contributed by atoms with Gasteiger partial charge in [-0.1, -0.05) is 0 Å². The lowest BCUT2D eigenvalue weighted by Crippen LogP contribution is -2.14. The largest absolute Gasteiger partial charge is 0.291 e. The fraction of sp³-hybridized carbons (Fsp3) is 0. The third-order valence-corrected chi connectivity index (χ3v) is 2.15. The van der Waals surface area contributed by atoms with Crippen LogP contribution in [0.3, 0.4) is 0 Å². The number of nitrogens with two attached hydrogens (primary N) is 1. The van der Waals surface area contributed by atoms with Crippen molar-refractivity contribution in [2.75, 3.05) is 5.48 Å². The summed E-state index contributed by atoms with van der Waals surface area (Å²) in [5.74, 6) is 0. The molecule has 0 amide bonds. The van der Waals surface area contributed by atoms with Gasteiger partial charge in [-0.25, -0.2) is 13.6 Å². The number of hydrogen-bond acceptors (Lipinski definition) is 5.